The molecule has 6 heteroatoms. The number of hydrogen-bond donors (Lipinski definition) is 3. The lowest BCUT2D eigenvalue weighted by Gasteiger charge is -2.19. The van der Waals surface area contributed by atoms with Crippen LogP contribution in [-0.4, -0.2) is 47.4 Å². The molecule has 3 N–H and O–H groups in total. The number of carbonyl (C=O) groups is 2. The lowest BCUT2D eigenvalue weighted by Crippen LogP contribution is -2.45. The van der Waals surface area contributed by atoms with Crippen molar-refractivity contribution in [1.82, 2.24) is 5.32 Å². The molecule has 0 aliphatic carbocycles. The number of carbonyl (C=O) groups excluding carboxylic acids is 2. The first-order chi connectivity index (χ1) is 27.5. The summed E-state index contributed by atoms with van der Waals surface area (Å²) >= 11 is 0. The molecule has 0 spiro atoms. The molecule has 0 bridgehead atoms. The number of aliphatic hydroxyl groups excluding tert-OH is 2. The SMILES string of the molecule is CCCCCCCCC/C=C\CCCCCCCC(=O)OCCCCCCCC/C=C\CCCCCC(=O)NC(CO)C(O)/C=C/CCCCCCCCCC. The fourth-order valence-electron chi connectivity index (χ4n) is 7.09. The summed E-state index contributed by atoms with van der Waals surface area (Å²) in [5, 5.41) is 22.9. The van der Waals surface area contributed by atoms with Gasteiger partial charge in [0, 0.05) is 12.8 Å². The Hall–Kier alpha value is -1.92. The van der Waals surface area contributed by atoms with Crippen LogP contribution in [0.15, 0.2) is 36.5 Å². The molecule has 0 aliphatic rings. The molecule has 0 aromatic carbocycles. The van der Waals surface area contributed by atoms with E-state index in [1.807, 2.05) is 6.08 Å². The largest absolute Gasteiger partial charge is 0.466 e. The van der Waals surface area contributed by atoms with Crippen LogP contribution in [0.2, 0.25) is 0 Å². The highest BCUT2D eigenvalue weighted by atomic mass is 16.5. The van der Waals surface area contributed by atoms with Gasteiger partial charge in [-0.05, 0) is 83.5 Å². The number of aliphatic hydroxyl groups is 2. The number of hydrogen-bond acceptors (Lipinski definition) is 5. The summed E-state index contributed by atoms with van der Waals surface area (Å²) in [6.45, 7) is 4.82. The van der Waals surface area contributed by atoms with E-state index in [-0.39, 0.29) is 18.5 Å². The molecule has 0 saturated heterocycles. The van der Waals surface area contributed by atoms with Gasteiger partial charge in [0.1, 0.15) is 0 Å². The Morgan fingerprint density at radius 1 is 0.482 bits per heavy atom. The van der Waals surface area contributed by atoms with Crippen LogP contribution in [0.25, 0.3) is 0 Å². The van der Waals surface area contributed by atoms with E-state index in [1.165, 1.54) is 148 Å². The first-order valence-corrected chi connectivity index (χ1v) is 24.3. The average molecular weight is 788 g/mol. The molecule has 0 rings (SSSR count). The second-order valence-electron chi connectivity index (χ2n) is 16.4. The molecule has 0 heterocycles. The number of rotatable bonds is 44. The average Bonchev–Trinajstić information content (AvgIpc) is 3.20. The standard InChI is InChI=1S/C50H93NO5/c1-3-5-7-9-11-13-15-16-17-18-21-24-28-32-36-40-44-50(55)56-45-41-37-33-29-25-22-19-20-23-27-31-35-39-43-49(54)51-47(46-52)48(53)42-38-34-30-26-14-12-10-8-6-4-2/h17-18,20,23,38,42,47-48,52-53H,3-16,19,21-22,24-37,39-41,43-46H2,1-2H3,(H,51,54)/b18-17-,23-20-,42-38+. The maximum absolute atomic E-state index is 12.4. The van der Waals surface area contributed by atoms with Crippen molar-refractivity contribution in [2.75, 3.05) is 13.2 Å². The van der Waals surface area contributed by atoms with E-state index in [2.05, 4.69) is 43.5 Å². The van der Waals surface area contributed by atoms with E-state index in [0.29, 0.717) is 19.4 Å². The monoisotopic (exact) mass is 788 g/mol. The highest BCUT2D eigenvalue weighted by Crippen LogP contribution is 2.13. The topological polar surface area (TPSA) is 95.9 Å². The van der Waals surface area contributed by atoms with Crippen LogP contribution in [-0.2, 0) is 14.3 Å². The summed E-state index contributed by atoms with van der Waals surface area (Å²) < 4.78 is 5.45. The lowest BCUT2D eigenvalue weighted by molar-refractivity contribution is -0.143. The van der Waals surface area contributed by atoms with Gasteiger partial charge in [0.2, 0.25) is 5.91 Å². The first-order valence-electron chi connectivity index (χ1n) is 24.3. The highest BCUT2D eigenvalue weighted by Gasteiger charge is 2.18. The van der Waals surface area contributed by atoms with Gasteiger partial charge in [0.25, 0.3) is 0 Å². The van der Waals surface area contributed by atoms with E-state index in [4.69, 9.17) is 4.74 Å². The second-order valence-corrected chi connectivity index (χ2v) is 16.4. The number of esters is 1. The van der Waals surface area contributed by atoms with Gasteiger partial charge in [0.05, 0.1) is 25.4 Å². The van der Waals surface area contributed by atoms with Crippen LogP contribution in [0.4, 0.5) is 0 Å². The van der Waals surface area contributed by atoms with Gasteiger partial charge < -0.3 is 20.3 Å². The summed E-state index contributed by atoms with van der Waals surface area (Å²) in [4.78, 5) is 24.4. The number of unbranched alkanes of at least 4 members (excludes halogenated alkanes) is 29. The smallest absolute Gasteiger partial charge is 0.305 e. The molecule has 1 amide bonds. The quantitative estimate of drug-likeness (QED) is 0.0325. The molecular weight excluding hydrogens is 695 g/mol. The summed E-state index contributed by atoms with van der Waals surface area (Å²) in [5.74, 6) is -0.124. The van der Waals surface area contributed by atoms with E-state index in [9.17, 15) is 19.8 Å². The number of nitrogens with one attached hydrogen (secondary N) is 1. The Morgan fingerprint density at radius 3 is 1.29 bits per heavy atom. The zero-order chi connectivity index (χ0) is 40.8. The van der Waals surface area contributed by atoms with Crippen molar-refractivity contribution < 1.29 is 24.5 Å². The van der Waals surface area contributed by atoms with Gasteiger partial charge in [-0.3, -0.25) is 9.59 Å². The molecule has 328 valence electrons. The van der Waals surface area contributed by atoms with Crippen molar-refractivity contribution in [1.29, 1.82) is 0 Å². The molecule has 0 saturated carbocycles. The molecule has 2 unspecified atom stereocenters. The fourth-order valence-corrected chi connectivity index (χ4v) is 7.09. The van der Waals surface area contributed by atoms with Gasteiger partial charge in [-0.1, -0.05) is 185 Å². The summed E-state index contributed by atoms with van der Waals surface area (Å²) in [7, 11) is 0. The molecule has 0 aliphatic heterocycles. The van der Waals surface area contributed by atoms with Crippen LogP contribution >= 0.6 is 0 Å². The Bertz CT molecular complexity index is 915. The minimum Gasteiger partial charge on any atom is -0.466 e. The van der Waals surface area contributed by atoms with Crippen LogP contribution in [0.3, 0.4) is 0 Å². The number of amides is 1. The molecule has 0 fully saturated rings. The maximum Gasteiger partial charge on any atom is 0.305 e. The number of ether oxygens (including phenoxy) is 1. The molecule has 6 nitrogen and oxygen atoms in total. The molecule has 56 heavy (non-hydrogen) atoms. The van der Waals surface area contributed by atoms with Crippen LogP contribution < -0.4 is 5.32 Å². The molecular formula is C50H93NO5. The second kappa shape index (κ2) is 45.8. The lowest BCUT2D eigenvalue weighted by atomic mass is 10.1. The van der Waals surface area contributed by atoms with Crippen LogP contribution in [0.1, 0.15) is 245 Å². The van der Waals surface area contributed by atoms with E-state index >= 15 is 0 Å². The van der Waals surface area contributed by atoms with Crippen molar-refractivity contribution in [3.05, 3.63) is 36.5 Å². The Kier molecular flexibility index (Phi) is 44.2. The van der Waals surface area contributed by atoms with Gasteiger partial charge >= 0.3 is 5.97 Å². The Labute approximate surface area is 347 Å². The highest BCUT2D eigenvalue weighted by molar-refractivity contribution is 5.76. The third-order valence-corrected chi connectivity index (χ3v) is 10.9. The third kappa shape index (κ3) is 41.7. The normalized spacial score (nSPS) is 13.0. The third-order valence-electron chi connectivity index (χ3n) is 10.9. The van der Waals surface area contributed by atoms with Crippen LogP contribution in [0.5, 0.6) is 0 Å². The molecule has 2 atom stereocenters. The Morgan fingerprint density at radius 2 is 0.839 bits per heavy atom. The molecule has 0 aromatic heterocycles. The Balaban J connectivity index is 3.51. The van der Waals surface area contributed by atoms with Gasteiger partial charge in [0.15, 0.2) is 0 Å². The number of allylic oxidation sites excluding steroid dienone is 5. The molecule has 0 radical (unpaired) electrons. The maximum atomic E-state index is 12.4. The van der Waals surface area contributed by atoms with Crippen molar-refractivity contribution in [2.45, 2.75) is 257 Å². The predicted molar refractivity (Wildman–Crippen MR) is 241 cm³/mol. The van der Waals surface area contributed by atoms with Crippen molar-refractivity contribution in [3.63, 3.8) is 0 Å². The summed E-state index contributed by atoms with van der Waals surface area (Å²) in [6, 6.07) is -0.646. The van der Waals surface area contributed by atoms with Crippen molar-refractivity contribution >= 4 is 11.9 Å². The minimum atomic E-state index is -0.860. The fraction of sp³-hybridized carbons (Fsp3) is 0.840. The van der Waals surface area contributed by atoms with E-state index in [1.54, 1.807) is 6.08 Å². The van der Waals surface area contributed by atoms with Crippen molar-refractivity contribution in [2.24, 2.45) is 0 Å². The van der Waals surface area contributed by atoms with Gasteiger partial charge in [-0.15, -0.1) is 0 Å². The molecule has 0 aromatic rings. The van der Waals surface area contributed by atoms with E-state index in [0.717, 1.165) is 70.6 Å². The summed E-state index contributed by atoms with van der Waals surface area (Å²) in [6.07, 6.45) is 54.3. The van der Waals surface area contributed by atoms with Gasteiger partial charge in [-0.25, -0.2) is 0 Å². The summed E-state index contributed by atoms with van der Waals surface area (Å²) in [5.41, 5.74) is 0. The first kappa shape index (κ1) is 54.1. The van der Waals surface area contributed by atoms with E-state index < -0.39 is 12.1 Å². The van der Waals surface area contributed by atoms with Gasteiger partial charge in [-0.2, -0.15) is 0 Å². The zero-order valence-corrected chi connectivity index (χ0v) is 37.1. The predicted octanol–water partition coefficient (Wildman–Crippen LogP) is 14.1. The van der Waals surface area contributed by atoms with Crippen LogP contribution in [0, 0.1) is 0 Å². The minimum absolute atomic E-state index is 0.0226. The zero-order valence-electron chi connectivity index (χ0n) is 37.1. The van der Waals surface area contributed by atoms with Crippen molar-refractivity contribution in [3.8, 4) is 0 Å².